The molecule has 19 heavy (non-hydrogen) atoms. The van der Waals surface area contributed by atoms with Crippen molar-refractivity contribution in [3.63, 3.8) is 0 Å². The molecule has 1 aromatic rings. The van der Waals surface area contributed by atoms with Crippen LogP contribution < -0.4 is 0 Å². The molecule has 1 aliphatic heterocycles. The van der Waals surface area contributed by atoms with Gasteiger partial charge in [-0.3, -0.25) is 19.8 Å². The largest absolute Gasteiger partial charge is 0.376 e. The highest BCUT2D eigenvalue weighted by molar-refractivity contribution is 5.96. The Morgan fingerprint density at radius 2 is 2.37 bits per heavy atom. The summed E-state index contributed by atoms with van der Waals surface area (Å²) in [5.41, 5.74) is 0.185. The summed E-state index contributed by atoms with van der Waals surface area (Å²) in [7, 11) is 0. The molecule has 0 radical (unpaired) electrons. The number of ketones is 1. The number of aromatic nitrogens is 1. The normalized spacial score (nSPS) is 24.3. The number of morpholine rings is 1. The van der Waals surface area contributed by atoms with Crippen molar-refractivity contribution in [3.05, 3.63) is 28.1 Å². The van der Waals surface area contributed by atoms with Crippen LogP contribution in [0.3, 0.4) is 0 Å². The van der Waals surface area contributed by atoms with E-state index in [4.69, 9.17) is 4.74 Å². The first-order valence-electron chi connectivity index (χ1n) is 6.19. The predicted molar refractivity (Wildman–Crippen MR) is 68.2 cm³/mol. The number of carbonyl (C=O) groups is 1. The molecule has 2 rings (SSSR count). The molecule has 7 heteroatoms. The maximum atomic E-state index is 12.1. The zero-order chi connectivity index (χ0) is 14.0. The lowest BCUT2D eigenvalue weighted by molar-refractivity contribution is -0.384. The van der Waals surface area contributed by atoms with E-state index < -0.39 is 4.92 Å². The van der Waals surface area contributed by atoms with Crippen molar-refractivity contribution in [2.75, 3.05) is 19.7 Å². The van der Waals surface area contributed by atoms with Gasteiger partial charge in [-0.2, -0.15) is 0 Å². The van der Waals surface area contributed by atoms with Crippen LogP contribution in [0, 0.1) is 10.1 Å². The molecule has 2 heterocycles. The van der Waals surface area contributed by atoms with E-state index in [-0.39, 0.29) is 35.9 Å². The lowest BCUT2D eigenvalue weighted by atomic mass is 10.1. The van der Waals surface area contributed by atoms with E-state index in [9.17, 15) is 14.9 Å². The highest BCUT2D eigenvalue weighted by atomic mass is 16.6. The molecule has 0 aliphatic carbocycles. The summed E-state index contributed by atoms with van der Waals surface area (Å²) in [5.74, 6) is -0.144. The number of nitro groups is 1. The highest BCUT2D eigenvalue weighted by Gasteiger charge is 2.26. The van der Waals surface area contributed by atoms with E-state index >= 15 is 0 Å². The molecule has 1 saturated heterocycles. The summed E-state index contributed by atoms with van der Waals surface area (Å²) in [6.07, 6.45) is 1.33. The standard InChI is InChI=1S/C12H17N3O4/c1-8-7-19-9(2)5-14(8)6-12(16)11-3-10(4-13-11)15(17)18/h3-4,8-9,13H,5-7H2,1-2H3. The van der Waals surface area contributed by atoms with Gasteiger partial charge >= 0.3 is 0 Å². The van der Waals surface area contributed by atoms with Crippen LogP contribution in [0.2, 0.25) is 0 Å². The molecule has 0 bridgehead atoms. The van der Waals surface area contributed by atoms with Crippen LogP contribution in [-0.4, -0.2) is 52.4 Å². The second kappa shape index (κ2) is 5.50. The monoisotopic (exact) mass is 267 g/mol. The average molecular weight is 267 g/mol. The van der Waals surface area contributed by atoms with Crippen molar-refractivity contribution in [1.29, 1.82) is 0 Å². The maximum Gasteiger partial charge on any atom is 0.287 e. The maximum absolute atomic E-state index is 12.1. The topological polar surface area (TPSA) is 88.5 Å². The minimum absolute atomic E-state index is 0.0910. The molecule has 0 spiro atoms. The third-order valence-electron chi connectivity index (χ3n) is 3.26. The van der Waals surface area contributed by atoms with Gasteiger partial charge in [0.15, 0.2) is 5.78 Å². The average Bonchev–Trinajstić information content (AvgIpc) is 2.83. The SMILES string of the molecule is CC1CN(CC(=O)c2cc([N+](=O)[O-])c[nH]2)C(C)CO1. The molecular formula is C12H17N3O4. The van der Waals surface area contributed by atoms with Gasteiger partial charge in [0.25, 0.3) is 5.69 Å². The minimum Gasteiger partial charge on any atom is -0.376 e. The van der Waals surface area contributed by atoms with Crippen molar-refractivity contribution < 1.29 is 14.5 Å². The Hall–Kier alpha value is -1.73. The van der Waals surface area contributed by atoms with Crippen LogP contribution in [0.1, 0.15) is 24.3 Å². The number of nitrogens with one attached hydrogen (secondary N) is 1. The van der Waals surface area contributed by atoms with Crippen LogP contribution in [-0.2, 0) is 4.74 Å². The van der Waals surface area contributed by atoms with Gasteiger partial charge in [0, 0.05) is 18.7 Å². The number of nitrogens with zero attached hydrogens (tertiary/aromatic N) is 2. The smallest absolute Gasteiger partial charge is 0.287 e. The van der Waals surface area contributed by atoms with Crippen molar-refractivity contribution in [3.8, 4) is 0 Å². The molecule has 0 aromatic carbocycles. The Bertz CT molecular complexity index is 485. The minimum atomic E-state index is -0.521. The third kappa shape index (κ3) is 3.18. The molecule has 1 aliphatic rings. The molecule has 0 saturated carbocycles. The molecule has 0 amide bonds. The first-order valence-corrected chi connectivity index (χ1v) is 6.19. The fourth-order valence-electron chi connectivity index (χ4n) is 2.11. The number of hydrogen-bond donors (Lipinski definition) is 1. The van der Waals surface area contributed by atoms with E-state index in [0.29, 0.717) is 13.2 Å². The molecule has 1 aromatic heterocycles. The molecule has 2 atom stereocenters. The molecule has 104 valence electrons. The Labute approximate surface area is 110 Å². The first kappa shape index (κ1) is 13.7. The lowest BCUT2D eigenvalue weighted by Gasteiger charge is -2.36. The summed E-state index contributed by atoms with van der Waals surface area (Å²) < 4.78 is 5.49. The molecule has 1 fully saturated rings. The first-order chi connectivity index (χ1) is 8.97. The summed E-state index contributed by atoms with van der Waals surface area (Å²) >= 11 is 0. The van der Waals surface area contributed by atoms with Gasteiger partial charge in [-0.25, -0.2) is 0 Å². The summed E-state index contributed by atoms with van der Waals surface area (Å²) in [6, 6.07) is 1.45. The molecule has 1 N–H and O–H groups in total. The zero-order valence-corrected chi connectivity index (χ0v) is 11.0. The number of carbonyl (C=O) groups excluding carboxylic acids is 1. The number of hydrogen-bond acceptors (Lipinski definition) is 5. The van der Waals surface area contributed by atoms with Crippen molar-refractivity contribution >= 4 is 11.5 Å². The fourth-order valence-corrected chi connectivity index (χ4v) is 2.11. The van der Waals surface area contributed by atoms with Crippen LogP contribution in [0.5, 0.6) is 0 Å². The van der Waals surface area contributed by atoms with Crippen molar-refractivity contribution in [1.82, 2.24) is 9.88 Å². The number of aromatic amines is 1. The summed E-state index contributed by atoms with van der Waals surface area (Å²) in [5, 5.41) is 10.6. The van der Waals surface area contributed by atoms with Crippen LogP contribution in [0.15, 0.2) is 12.3 Å². The van der Waals surface area contributed by atoms with Gasteiger partial charge in [-0.1, -0.05) is 0 Å². The predicted octanol–water partition coefficient (Wildman–Crippen LogP) is 1.21. The third-order valence-corrected chi connectivity index (χ3v) is 3.26. The lowest BCUT2D eigenvalue weighted by Crippen LogP contribution is -2.49. The molecular weight excluding hydrogens is 250 g/mol. The summed E-state index contributed by atoms with van der Waals surface area (Å²) in [4.78, 5) is 26.8. The van der Waals surface area contributed by atoms with Gasteiger partial charge < -0.3 is 9.72 Å². The second-order valence-corrected chi connectivity index (χ2v) is 4.87. The van der Waals surface area contributed by atoms with Crippen LogP contribution >= 0.6 is 0 Å². The van der Waals surface area contributed by atoms with Crippen molar-refractivity contribution in [2.24, 2.45) is 0 Å². The Morgan fingerprint density at radius 3 is 3.00 bits per heavy atom. The van der Waals surface area contributed by atoms with E-state index in [1.807, 2.05) is 18.7 Å². The second-order valence-electron chi connectivity index (χ2n) is 4.87. The summed E-state index contributed by atoms with van der Waals surface area (Å²) in [6.45, 7) is 5.49. The number of ether oxygens (including phenoxy) is 1. The fraction of sp³-hybridized carbons (Fsp3) is 0.583. The number of rotatable bonds is 4. The van der Waals surface area contributed by atoms with Gasteiger partial charge in [0.05, 0.1) is 36.1 Å². The number of Topliss-reactive ketones (excluding diaryl/α,β-unsaturated/α-hetero) is 1. The Balaban J connectivity index is 2.01. The van der Waals surface area contributed by atoms with Gasteiger partial charge in [-0.05, 0) is 13.8 Å². The highest BCUT2D eigenvalue weighted by Crippen LogP contribution is 2.15. The quantitative estimate of drug-likeness (QED) is 0.503. The van der Waals surface area contributed by atoms with Gasteiger partial charge in [0.2, 0.25) is 0 Å². The molecule has 7 nitrogen and oxygen atoms in total. The van der Waals surface area contributed by atoms with Gasteiger partial charge in [0.1, 0.15) is 0 Å². The van der Waals surface area contributed by atoms with E-state index in [1.165, 1.54) is 12.3 Å². The number of H-pyrrole nitrogens is 1. The van der Waals surface area contributed by atoms with Gasteiger partial charge in [-0.15, -0.1) is 0 Å². The van der Waals surface area contributed by atoms with Crippen molar-refractivity contribution in [2.45, 2.75) is 26.0 Å². The van der Waals surface area contributed by atoms with Crippen LogP contribution in [0.25, 0.3) is 0 Å². The van der Waals surface area contributed by atoms with Crippen LogP contribution in [0.4, 0.5) is 5.69 Å². The zero-order valence-electron chi connectivity index (χ0n) is 11.0. The Morgan fingerprint density at radius 1 is 1.63 bits per heavy atom. The van der Waals surface area contributed by atoms with E-state index in [2.05, 4.69) is 4.98 Å². The van der Waals surface area contributed by atoms with E-state index in [0.717, 1.165) is 0 Å². The molecule has 2 unspecified atom stereocenters. The van der Waals surface area contributed by atoms with E-state index in [1.54, 1.807) is 0 Å². The Kier molecular flexibility index (Phi) is 3.96.